The molecule has 2 nitrogen and oxygen atoms in total. The Morgan fingerprint density at radius 2 is 1.39 bits per heavy atom. The molecule has 0 bridgehead atoms. The number of hydrogen-bond acceptors (Lipinski definition) is 0. The van der Waals surface area contributed by atoms with Gasteiger partial charge in [-0.1, -0.05) is 0 Å². The zero-order valence-corrected chi connectivity index (χ0v) is 15.5. The normalized spacial score (nSPS) is 9.72. The van der Waals surface area contributed by atoms with Crippen molar-refractivity contribution in [3.05, 3.63) is 18.7 Å². The molecule has 1 heterocycles. The Hall–Kier alpha value is 0.00870. The molecular weight excluding hydrogens is 327 g/mol. The maximum absolute atomic E-state index is 2.81. The van der Waals surface area contributed by atoms with Crippen LogP contribution in [0, 0.1) is 0 Å². The largest absolute Gasteiger partial charge is 0.250 e. The minimum absolute atomic E-state index is 0.839. The second-order valence-electron chi connectivity index (χ2n) is 4.87. The predicted octanol–water partition coefficient (Wildman–Crippen LogP) is 4.71. The summed E-state index contributed by atoms with van der Waals surface area (Å²) in [5.74, 6) is 0. The predicted molar refractivity (Wildman–Crippen MR) is 82.2 cm³/mol. The minimum atomic E-state index is -0.839. The van der Waals surface area contributed by atoms with Gasteiger partial charge in [0, 0.05) is 0 Å². The summed E-state index contributed by atoms with van der Waals surface area (Å²) in [6.45, 7) is 7.00. The number of imidazole rings is 1. The van der Waals surface area contributed by atoms with Crippen molar-refractivity contribution < 1.29 is 4.98 Å². The average molecular weight is 359 g/mol. The summed E-state index contributed by atoms with van der Waals surface area (Å²) in [6.07, 6.45) is 14.2. The molecule has 2 N–H and O–H groups in total. The maximum atomic E-state index is 2.81. The number of unbranched alkanes of at least 4 members (excludes halogenated alkanes) is 3. The van der Waals surface area contributed by atoms with Crippen LogP contribution in [0.25, 0.3) is 0 Å². The van der Waals surface area contributed by atoms with E-state index in [0.29, 0.717) is 0 Å². The fourth-order valence-electron chi connectivity index (χ4n) is 1.90. The average Bonchev–Trinajstić information content (AvgIpc) is 2.97. The molecule has 0 saturated heterocycles. The molecule has 0 radical (unpaired) electrons. The van der Waals surface area contributed by atoms with E-state index in [1.165, 1.54) is 38.5 Å². The van der Waals surface area contributed by atoms with E-state index in [9.17, 15) is 0 Å². The van der Waals surface area contributed by atoms with E-state index in [1.54, 1.807) is 19.6 Å². The van der Waals surface area contributed by atoms with Gasteiger partial charge in [-0.15, -0.1) is 0 Å². The van der Waals surface area contributed by atoms with Crippen LogP contribution in [0.15, 0.2) is 18.7 Å². The molecule has 0 aromatic carbocycles. The van der Waals surface area contributed by atoms with Gasteiger partial charge in [-0.05, 0) is 0 Å². The van der Waals surface area contributed by atoms with E-state index >= 15 is 0 Å². The van der Waals surface area contributed by atoms with E-state index in [4.69, 9.17) is 0 Å². The van der Waals surface area contributed by atoms with Crippen LogP contribution in [0.3, 0.4) is 0 Å². The Bertz CT molecular complexity index is 188. The van der Waals surface area contributed by atoms with E-state index < -0.39 is 19.8 Å². The molecule has 1 aromatic heterocycles. The summed E-state index contributed by atoms with van der Waals surface area (Å²) < 4.78 is 5.04. The Balaban J connectivity index is 0.000000473. The van der Waals surface area contributed by atoms with Gasteiger partial charge >= 0.3 is 92.4 Å². The molecule has 1 aromatic rings. The maximum Gasteiger partial charge on any atom is 0.239 e. The van der Waals surface area contributed by atoms with Gasteiger partial charge in [-0.25, -0.2) is 0 Å². The van der Waals surface area contributed by atoms with Gasteiger partial charge in [0.2, 0.25) is 6.33 Å². The quantitative estimate of drug-likeness (QED) is 0.619. The van der Waals surface area contributed by atoms with Gasteiger partial charge < -0.3 is 0 Å². The zero-order valence-electron chi connectivity index (χ0n) is 12.6. The summed E-state index contributed by atoms with van der Waals surface area (Å²) in [4.78, 5) is 5.61. The fourth-order valence-corrected chi connectivity index (χ4v) is 11.3. The molecule has 3 heteroatoms. The third kappa shape index (κ3) is 12.5. The Morgan fingerprint density at radius 1 is 0.889 bits per heavy atom. The monoisotopic (exact) mass is 360 g/mol. The van der Waals surface area contributed by atoms with Crippen LogP contribution in [0.1, 0.15) is 59.3 Å². The Labute approximate surface area is 121 Å². The van der Waals surface area contributed by atoms with Crippen molar-refractivity contribution in [2.75, 3.05) is 0 Å². The molecular formula is C15H32N2Sn+2. The van der Waals surface area contributed by atoms with Crippen molar-refractivity contribution >= 4 is 19.8 Å². The SMILES string of the molecule is CCC[CH2][Sn+]([CH2]CCC)[CH2]CCC.c1c[nH+]c[nH]1. The molecule has 0 aliphatic heterocycles. The molecule has 0 atom stereocenters. The fraction of sp³-hybridized carbons (Fsp3) is 0.800. The van der Waals surface area contributed by atoms with Crippen LogP contribution in [0.4, 0.5) is 0 Å². The van der Waals surface area contributed by atoms with Crippen LogP contribution in [-0.4, -0.2) is 24.7 Å². The summed E-state index contributed by atoms with van der Waals surface area (Å²) in [5.41, 5.74) is 0. The van der Waals surface area contributed by atoms with Crippen LogP contribution >= 0.6 is 0 Å². The van der Waals surface area contributed by atoms with Crippen molar-refractivity contribution in [2.45, 2.75) is 72.6 Å². The molecule has 0 aliphatic rings. The van der Waals surface area contributed by atoms with E-state index in [2.05, 4.69) is 30.7 Å². The van der Waals surface area contributed by atoms with Crippen molar-refractivity contribution in [3.63, 3.8) is 0 Å². The number of H-pyrrole nitrogens is 2. The molecule has 0 fully saturated rings. The molecule has 0 unspecified atom stereocenters. The van der Waals surface area contributed by atoms with E-state index in [1.807, 2.05) is 12.4 Å². The van der Waals surface area contributed by atoms with Gasteiger partial charge in [0.05, 0.1) is 0 Å². The van der Waals surface area contributed by atoms with Crippen LogP contribution < -0.4 is 4.98 Å². The van der Waals surface area contributed by atoms with Crippen molar-refractivity contribution in [2.24, 2.45) is 0 Å². The second kappa shape index (κ2) is 15.1. The van der Waals surface area contributed by atoms with Crippen molar-refractivity contribution in [1.82, 2.24) is 4.98 Å². The standard InChI is InChI=1S/3C4H9.C3H4N2.Sn/c3*1-3-4-2;1-2-5-3-4-1;/h3*1,3-4H2,2H3;1-3H,(H,4,5);/q;;;;+1/p+1. The summed E-state index contributed by atoms with van der Waals surface area (Å²) >= 11 is -0.839. The third-order valence-electron chi connectivity index (χ3n) is 3.09. The molecule has 104 valence electrons. The topological polar surface area (TPSA) is 29.9 Å². The molecule has 0 saturated carbocycles. The second-order valence-corrected chi connectivity index (χ2v) is 13.4. The summed E-state index contributed by atoms with van der Waals surface area (Å²) in [5, 5.41) is 0. The molecule has 18 heavy (non-hydrogen) atoms. The van der Waals surface area contributed by atoms with E-state index in [-0.39, 0.29) is 0 Å². The first-order valence-corrected chi connectivity index (χ1v) is 13.7. The number of rotatable bonds is 9. The first-order chi connectivity index (χ1) is 8.85. The van der Waals surface area contributed by atoms with E-state index in [0.717, 1.165) is 0 Å². The first-order valence-electron chi connectivity index (χ1n) is 7.67. The smallest absolute Gasteiger partial charge is 0.239 e. The molecule has 0 spiro atoms. The number of hydrogen-bond donors (Lipinski definition) is 1. The molecule has 0 amide bonds. The minimum Gasteiger partial charge on any atom is -0.250 e. The molecule has 1 rings (SSSR count). The summed E-state index contributed by atoms with van der Waals surface area (Å²) in [7, 11) is 0. The van der Waals surface area contributed by atoms with Crippen LogP contribution in [0.5, 0.6) is 0 Å². The first kappa shape index (κ1) is 18.0. The van der Waals surface area contributed by atoms with Crippen molar-refractivity contribution in [1.29, 1.82) is 0 Å². The van der Waals surface area contributed by atoms with Gasteiger partial charge in [-0.3, -0.25) is 9.97 Å². The Kier molecular flexibility index (Phi) is 15.1. The summed E-state index contributed by atoms with van der Waals surface area (Å²) in [6, 6.07) is 0. The number of aromatic nitrogens is 2. The Morgan fingerprint density at radius 3 is 1.61 bits per heavy atom. The van der Waals surface area contributed by atoms with Gasteiger partial charge in [0.25, 0.3) is 0 Å². The van der Waals surface area contributed by atoms with Gasteiger partial charge in [0.1, 0.15) is 12.4 Å². The zero-order chi connectivity index (χ0) is 13.5. The van der Waals surface area contributed by atoms with Crippen LogP contribution in [-0.2, 0) is 0 Å². The number of aromatic amines is 2. The van der Waals surface area contributed by atoms with Crippen LogP contribution in [0.2, 0.25) is 13.3 Å². The van der Waals surface area contributed by atoms with Crippen molar-refractivity contribution in [3.8, 4) is 0 Å². The third-order valence-corrected chi connectivity index (χ3v) is 12.2. The molecule has 0 aliphatic carbocycles. The number of nitrogens with one attached hydrogen (secondary N) is 2. The van der Waals surface area contributed by atoms with Gasteiger partial charge in [0.15, 0.2) is 0 Å². The van der Waals surface area contributed by atoms with Gasteiger partial charge in [-0.2, -0.15) is 0 Å².